The molecule has 0 aliphatic carbocycles. The third-order valence-corrected chi connectivity index (χ3v) is 11.4. The molecule has 11 aromatic rings. The van der Waals surface area contributed by atoms with Crippen LogP contribution in [0.4, 0.5) is 17.1 Å². The van der Waals surface area contributed by atoms with Crippen LogP contribution in [0.5, 0.6) is 0 Å². The van der Waals surface area contributed by atoms with Crippen molar-refractivity contribution in [2.24, 2.45) is 0 Å². The minimum Gasteiger partial charge on any atom is -0.311 e. The topological polar surface area (TPSA) is 8.17 Å². The van der Waals surface area contributed by atoms with Gasteiger partial charge in [-0.1, -0.05) is 158 Å². The lowest BCUT2D eigenvalue weighted by molar-refractivity contribution is 1.18. The zero-order valence-corrected chi connectivity index (χ0v) is 30.7. The van der Waals surface area contributed by atoms with E-state index in [0.717, 1.165) is 17.1 Å². The lowest BCUT2D eigenvalue weighted by Crippen LogP contribution is -2.09. The molecule has 0 unspecified atom stereocenters. The summed E-state index contributed by atoms with van der Waals surface area (Å²) >= 11 is 0. The molecule has 0 fully saturated rings. The number of hydrogen-bond acceptors (Lipinski definition) is 1. The fraction of sp³-hybridized carbons (Fsp3) is 0. The van der Waals surface area contributed by atoms with Gasteiger partial charge in [0.25, 0.3) is 0 Å². The van der Waals surface area contributed by atoms with Gasteiger partial charge in [0.2, 0.25) is 0 Å². The highest BCUT2D eigenvalue weighted by atomic mass is 15.1. The van der Waals surface area contributed by atoms with Crippen LogP contribution in [0.3, 0.4) is 0 Å². The molecule has 0 spiro atoms. The molecule has 262 valence electrons. The number of benzene rings is 10. The van der Waals surface area contributed by atoms with Crippen LogP contribution in [0.1, 0.15) is 0 Å². The Morgan fingerprint density at radius 2 is 0.804 bits per heavy atom. The number of anilines is 3. The van der Waals surface area contributed by atoms with Crippen LogP contribution in [-0.4, -0.2) is 4.57 Å². The van der Waals surface area contributed by atoms with Crippen LogP contribution in [0.25, 0.3) is 82.1 Å². The first kappa shape index (κ1) is 32.0. The van der Waals surface area contributed by atoms with Gasteiger partial charge in [-0.3, -0.25) is 0 Å². The van der Waals surface area contributed by atoms with E-state index in [-0.39, 0.29) is 0 Å². The molecule has 0 radical (unpaired) electrons. The van der Waals surface area contributed by atoms with Crippen molar-refractivity contribution in [3.05, 3.63) is 218 Å². The lowest BCUT2D eigenvalue weighted by Gasteiger charge is -2.26. The first-order valence-electron chi connectivity index (χ1n) is 19.3. The fourth-order valence-corrected chi connectivity index (χ4v) is 8.73. The standard InChI is InChI=1S/C54H36N2/c1-2-13-43(14-3-1)55(44-31-26-37(27-32-44)41-30-35-48-42(36-41)25-24-40-23-22-38-12-4-5-16-47(38)54(40)48)45-33-28-39(29-34-45)46-15-6-9-19-51(46)56-52-20-10-7-17-49(52)50-18-8-11-21-53(50)56/h1-36H. The van der Waals surface area contributed by atoms with Gasteiger partial charge >= 0.3 is 0 Å². The molecule has 0 aliphatic rings. The van der Waals surface area contributed by atoms with Crippen molar-refractivity contribution in [1.29, 1.82) is 0 Å². The third-order valence-electron chi connectivity index (χ3n) is 11.4. The highest BCUT2D eigenvalue weighted by molar-refractivity contribution is 6.20. The summed E-state index contributed by atoms with van der Waals surface area (Å²) in [5, 5.41) is 10.2. The number of aromatic nitrogens is 1. The Bertz CT molecular complexity index is 3180. The predicted molar refractivity (Wildman–Crippen MR) is 239 cm³/mol. The summed E-state index contributed by atoms with van der Waals surface area (Å²) in [7, 11) is 0. The molecule has 0 atom stereocenters. The molecule has 56 heavy (non-hydrogen) atoms. The average molecular weight is 713 g/mol. The molecular formula is C54H36N2. The highest BCUT2D eigenvalue weighted by Gasteiger charge is 2.17. The van der Waals surface area contributed by atoms with E-state index in [9.17, 15) is 0 Å². The van der Waals surface area contributed by atoms with Crippen LogP contribution < -0.4 is 4.90 Å². The Morgan fingerprint density at radius 1 is 0.304 bits per heavy atom. The van der Waals surface area contributed by atoms with Gasteiger partial charge in [-0.15, -0.1) is 0 Å². The average Bonchev–Trinajstić information content (AvgIpc) is 3.61. The summed E-state index contributed by atoms with van der Waals surface area (Å²) in [6, 6.07) is 79.3. The second-order valence-corrected chi connectivity index (χ2v) is 14.5. The quantitative estimate of drug-likeness (QED) is 0.156. The summed E-state index contributed by atoms with van der Waals surface area (Å²) in [4.78, 5) is 2.34. The molecule has 0 bridgehead atoms. The Labute approximate surface area is 325 Å². The summed E-state index contributed by atoms with van der Waals surface area (Å²) in [6.45, 7) is 0. The minimum absolute atomic E-state index is 1.10. The van der Waals surface area contributed by atoms with Crippen molar-refractivity contribution in [3.8, 4) is 27.9 Å². The second-order valence-electron chi connectivity index (χ2n) is 14.5. The Kier molecular flexibility index (Phi) is 7.53. The monoisotopic (exact) mass is 712 g/mol. The number of fused-ring (bicyclic) bond motifs is 8. The van der Waals surface area contributed by atoms with Crippen molar-refractivity contribution in [3.63, 3.8) is 0 Å². The van der Waals surface area contributed by atoms with Gasteiger partial charge in [0.15, 0.2) is 0 Å². The van der Waals surface area contributed by atoms with E-state index in [2.05, 4.69) is 228 Å². The maximum Gasteiger partial charge on any atom is 0.0541 e. The SMILES string of the molecule is c1ccc(N(c2ccc(-c3ccc4c(ccc5ccc6ccccc6c54)c3)cc2)c2ccc(-c3ccccc3-n3c4ccccc4c4ccccc43)cc2)cc1. The zero-order chi connectivity index (χ0) is 37.0. The van der Waals surface area contributed by atoms with E-state index < -0.39 is 0 Å². The minimum atomic E-state index is 1.10. The van der Waals surface area contributed by atoms with Gasteiger partial charge in [0, 0.05) is 33.4 Å². The molecule has 2 heteroatoms. The molecule has 2 nitrogen and oxygen atoms in total. The number of para-hydroxylation sites is 4. The molecule has 0 saturated carbocycles. The predicted octanol–water partition coefficient (Wildman–Crippen LogP) is 15.0. The first-order valence-corrected chi connectivity index (χ1v) is 19.3. The normalized spacial score (nSPS) is 11.6. The summed E-state index contributed by atoms with van der Waals surface area (Å²) < 4.78 is 2.41. The molecule has 0 aliphatic heterocycles. The smallest absolute Gasteiger partial charge is 0.0541 e. The van der Waals surface area contributed by atoms with Crippen molar-refractivity contribution in [1.82, 2.24) is 4.57 Å². The Hall–Kier alpha value is -7.42. The van der Waals surface area contributed by atoms with Gasteiger partial charge in [-0.25, -0.2) is 0 Å². The molecule has 1 aromatic heterocycles. The summed E-state index contributed by atoms with van der Waals surface area (Å²) in [5.74, 6) is 0. The van der Waals surface area contributed by atoms with Crippen molar-refractivity contribution < 1.29 is 0 Å². The maximum atomic E-state index is 2.41. The summed E-state index contributed by atoms with van der Waals surface area (Å²) in [5.41, 5.74) is 11.7. The van der Waals surface area contributed by atoms with Crippen LogP contribution in [0, 0.1) is 0 Å². The zero-order valence-electron chi connectivity index (χ0n) is 30.7. The Balaban J connectivity index is 0.959. The van der Waals surface area contributed by atoms with Crippen LogP contribution >= 0.6 is 0 Å². The third kappa shape index (κ3) is 5.26. The molecule has 0 saturated heterocycles. The maximum absolute atomic E-state index is 2.41. The molecule has 1 heterocycles. The van der Waals surface area contributed by atoms with Gasteiger partial charge in [-0.2, -0.15) is 0 Å². The molecular weight excluding hydrogens is 677 g/mol. The fourth-order valence-electron chi connectivity index (χ4n) is 8.73. The molecule has 0 amide bonds. The van der Waals surface area contributed by atoms with Crippen LogP contribution in [0.2, 0.25) is 0 Å². The van der Waals surface area contributed by atoms with Crippen LogP contribution in [0.15, 0.2) is 218 Å². The van der Waals surface area contributed by atoms with Gasteiger partial charge < -0.3 is 9.47 Å². The van der Waals surface area contributed by atoms with Crippen LogP contribution in [-0.2, 0) is 0 Å². The van der Waals surface area contributed by atoms with E-state index in [1.807, 2.05) is 0 Å². The van der Waals surface area contributed by atoms with E-state index in [1.165, 1.54) is 82.1 Å². The molecule has 11 rings (SSSR count). The van der Waals surface area contributed by atoms with Crippen molar-refractivity contribution >= 4 is 71.2 Å². The first-order chi connectivity index (χ1) is 27.8. The van der Waals surface area contributed by atoms with Crippen molar-refractivity contribution in [2.75, 3.05) is 4.90 Å². The van der Waals surface area contributed by atoms with E-state index in [0.29, 0.717) is 0 Å². The van der Waals surface area contributed by atoms with Gasteiger partial charge in [0.05, 0.1) is 16.7 Å². The van der Waals surface area contributed by atoms with E-state index in [1.54, 1.807) is 0 Å². The van der Waals surface area contributed by atoms with Gasteiger partial charge in [-0.05, 0) is 110 Å². The highest BCUT2D eigenvalue weighted by Crippen LogP contribution is 2.40. The van der Waals surface area contributed by atoms with E-state index >= 15 is 0 Å². The molecule has 10 aromatic carbocycles. The molecule has 0 N–H and O–H groups in total. The number of rotatable bonds is 6. The Morgan fingerprint density at radius 3 is 1.52 bits per heavy atom. The van der Waals surface area contributed by atoms with Crippen molar-refractivity contribution in [2.45, 2.75) is 0 Å². The lowest BCUT2D eigenvalue weighted by atomic mass is 9.94. The largest absolute Gasteiger partial charge is 0.311 e. The second kappa shape index (κ2) is 13.2. The van der Waals surface area contributed by atoms with E-state index in [4.69, 9.17) is 0 Å². The summed E-state index contributed by atoms with van der Waals surface area (Å²) in [6.07, 6.45) is 0. The van der Waals surface area contributed by atoms with Gasteiger partial charge in [0.1, 0.15) is 0 Å². The number of nitrogens with zero attached hydrogens (tertiary/aromatic N) is 2. The number of hydrogen-bond donors (Lipinski definition) is 0.